The maximum atomic E-state index is 11.3. The first kappa shape index (κ1) is 14.3. The molecule has 0 spiro atoms. The zero-order chi connectivity index (χ0) is 13.1. The summed E-state index contributed by atoms with van der Waals surface area (Å²) in [5, 5.41) is 2.64. The second kappa shape index (κ2) is 5.75. The van der Waals surface area contributed by atoms with Crippen LogP contribution in [0, 0.1) is 0 Å². The highest BCUT2D eigenvalue weighted by atomic mass is 35.7. The Morgan fingerprint density at radius 3 is 2.59 bits per heavy atom. The minimum Gasteiger partial charge on any atom is -0.325 e. The van der Waals surface area contributed by atoms with Crippen molar-refractivity contribution in [2.75, 3.05) is 11.6 Å². The fourth-order valence-corrected chi connectivity index (χ4v) is 2.49. The molecule has 1 amide bonds. The standard InChI is InChI=1S/C10H12ClNO3S2/c1-3-10(13)12-8-6-7(17(11,14)15)4-5-9(8)16-2/h4-6H,3H2,1-2H3,(H,12,13). The van der Waals surface area contributed by atoms with Crippen LogP contribution in [0.4, 0.5) is 5.69 Å². The summed E-state index contributed by atoms with van der Waals surface area (Å²) in [7, 11) is 1.47. The minimum absolute atomic E-state index is 0.0247. The molecule has 1 aromatic rings. The molecule has 94 valence electrons. The molecule has 0 aliphatic rings. The molecule has 0 atom stereocenters. The Bertz CT molecular complexity index is 528. The van der Waals surface area contributed by atoms with Crippen LogP contribution in [0.15, 0.2) is 28.0 Å². The summed E-state index contributed by atoms with van der Waals surface area (Å²) in [6.07, 6.45) is 2.16. The van der Waals surface area contributed by atoms with Crippen molar-refractivity contribution in [2.45, 2.75) is 23.1 Å². The van der Waals surface area contributed by atoms with Gasteiger partial charge in [-0.1, -0.05) is 6.92 Å². The van der Waals surface area contributed by atoms with Gasteiger partial charge < -0.3 is 5.32 Å². The van der Waals surface area contributed by atoms with Crippen molar-refractivity contribution in [3.05, 3.63) is 18.2 Å². The Morgan fingerprint density at radius 2 is 2.12 bits per heavy atom. The molecular weight excluding hydrogens is 282 g/mol. The third-order valence-corrected chi connectivity index (χ3v) is 4.20. The first-order valence-corrected chi connectivity index (χ1v) is 8.34. The van der Waals surface area contributed by atoms with Gasteiger partial charge in [-0.15, -0.1) is 11.8 Å². The van der Waals surface area contributed by atoms with Crippen LogP contribution in [0.1, 0.15) is 13.3 Å². The fourth-order valence-electron chi connectivity index (χ4n) is 1.18. The van der Waals surface area contributed by atoms with E-state index >= 15 is 0 Å². The van der Waals surface area contributed by atoms with Crippen molar-refractivity contribution >= 4 is 43.1 Å². The summed E-state index contributed by atoms with van der Waals surface area (Å²) in [6, 6.07) is 4.39. The molecule has 17 heavy (non-hydrogen) atoms. The second-order valence-corrected chi connectivity index (χ2v) is 6.62. The van der Waals surface area contributed by atoms with Crippen LogP contribution in [0.2, 0.25) is 0 Å². The number of rotatable bonds is 4. The van der Waals surface area contributed by atoms with E-state index in [2.05, 4.69) is 5.32 Å². The molecule has 0 saturated heterocycles. The summed E-state index contributed by atoms with van der Waals surface area (Å²) in [5.41, 5.74) is 0.464. The van der Waals surface area contributed by atoms with Gasteiger partial charge >= 0.3 is 0 Å². The van der Waals surface area contributed by atoms with Crippen LogP contribution in [-0.4, -0.2) is 20.6 Å². The minimum atomic E-state index is -3.78. The monoisotopic (exact) mass is 293 g/mol. The number of halogens is 1. The lowest BCUT2D eigenvalue weighted by molar-refractivity contribution is -0.115. The number of carbonyl (C=O) groups is 1. The summed E-state index contributed by atoms with van der Waals surface area (Å²) >= 11 is 1.41. The lowest BCUT2D eigenvalue weighted by Crippen LogP contribution is -2.10. The summed E-state index contributed by atoms with van der Waals surface area (Å²) in [6.45, 7) is 1.72. The topological polar surface area (TPSA) is 63.2 Å². The molecule has 4 nitrogen and oxygen atoms in total. The Morgan fingerprint density at radius 1 is 1.47 bits per heavy atom. The molecule has 0 bridgehead atoms. The molecule has 1 rings (SSSR count). The molecule has 0 aliphatic carbocycles. The Kier molecular flexibility index (Phi) is 4.85. The highest BCUT2D eigenvalue weighted by Gasteiger charge is 2.13. The highest BCUT2D eigenvalue weighted by Crippen LogP contribution is 2.29. The number of thioether (sulfide) groups is 1. The van der Waals surface area contributed by atoms with E-state index in [9.17, 15) is 13.2 Å². The third-order valence-electron chi connectivity index (χ3n) is 2.05. The zero-order valence-electron chi connectivity index (χ0n) is 9.36. The second-order valence-electron chi connectivity index (χ2n) is 3.20. The summed E-state index contributed by atoms with van der Waals surface area (Å²) < 4.78 is 22.4. The molecule has 1 aromatic carbocycles. The number of hydrogen-bond acceptors (Lipinski definition) is 4. The van der Waals surface area contributed by atoms with Crippen LogP contribution in [-0.2, 0) is 13.8 Å². The van der Waals surface area contributed by atoms with E-state index in [0.717, 1.165) is 4.90 Å². The van der Waals surface area contributed by atoms with Gasteiger partial charge in [-0.25, -0.2) is 8.42 Å². The summed E-state index contributed by atoms with van der Waals surface area (Å²) in [5.74, 6) is -0.176. The van der Waals surface area contributed by atoms with Gasteiger partial charge in [0.2, 0.25) is 5.91 Å². The molecule has 0 fully saturated rings. The maximum absolute atomic E-state index is 11.3. The van der Waals surface area contributed by atoms with Gasteiger partial charge in [-0.05, 0) is 24.5 Å². The van der Waals surface area contributed by atoms with Gasteiger partial charge in [0, 0.05) is 22.0 Å². The van der Waals surface area contributed by atoms with Crippen molar-refractivity contribution in [3.8, 4) is 0 Å². The molecular formula is C10H12ClNO3S2. The highest BCUT2D eigenvalue weighted by molar-refractivity contribution is 8.13. The lowest BCUT2D eigenvalue weighted by atomic mass is 10.3. The zero-order valence-corrected chi connectivity index (χ0v) is 11.7. The molecule has 0 heterocycles. The van der Waals surface area contributed by atoms with Crippen molar-refractivity contribution in [2.24, 2.45) is 0 Å². The molecule has 0 aliphatic heterocycles. The number of amides is 1. The van der Waals surface area contributed by atoms with Crippen LogP contribution in [0.25, 0.3) is 0 Å². The van der Waals surface area contributed by atoms with Gasteiger partial charge in [-0.3, -0.25) is 4.79 Å². The Balaban J connectivity index is 3.20. The quantitative estimate of drug-likeness (QED) is 0.685. The SMILES string of the molecule is CCC(=O)Nc1cc(S(=O)(=O)Cl)ccc1SC. The van der Waals surface area contributed by atoms with Crippen LogP contribution >= 0.6 is 22.4 Å². The van der Waals surface area contributed by atoms with E-state index in [-0.39, 0.29) is 10.8 Å². The molecule has 1 N–H and O–H groups in total. The van der Waals surface area contributed by atoms with Crippen LogP contribution < -0.4 is 5.32 Å². The van der Waals surface area contributed by atoms with Gasteiger partial charge in [0.05, 0.1) is 10.6 Å². The van der Waals surface area contributed by atoms with E-state index in [4.69, 9.17) is 10.7 Å². The lowest BCUT2D eigenvalue weighted by Gasteiger charge is -2.09. The van der Waals surface area contributed by atoms with Gasteiger partial charge in [0.1, 0.15) is 0 Å². The van der Waals surface area contributed by atoms with Gasteiger partial charge in [0.15, 0.2) is 0 Å². The average molecular weight is 294 g/mol. The Hall–Kier alpha value is -0.720. The predicted octanol–water partition coefficient (Wildman–Crippen LogP) is 2.68. The number of benzene rings is 1. The predicted molar refractivity (Wildman–Crippen MR) is 70.2 cm³/mol. The van der Waals surface area contributed by atoms with Crippen molar-refractivity contribution < 1.29 is 13.2 Å². The normalized spacial score (nSPS) is 11.2. The van der Waals surface area contributed by atoms with Crippen molar-refractivity contribution in [3.63, 3.8) is 0 Å². The molecule has 0 aromatic heterocycles. The number of anilines is 1. The molecule has 7 heteroatoms. The van der Waals surface area contributed by atoms with Crippen molar-refractivity contribution in [1.82, 2.24) is 0 Å². The number of nitrogens with one attached hydrogen (secondary N) is 1. The third kappa shape index (κ3) is 3.90. The van der Waals surface area contributed by atoms with E-state index in [0.29, 0.717) is 12.1 Å². The Labute approximate surface area is 109 Å². The first-order chi connectivity index (χ1) is 7.88. The fraction of sp³-hybridized carbons (Fsp3) is 0.300. The first-order valence-electron chi connectivity index (χ1n) is 4.81. The largest absolute Gasteiger partial charge is 0.325 e. The van der Waals surface area contributed by atoms with E-state index in [1.165, 1.54) is 23.9 Å². The number of carbonyl (C=O) groups excluding carboxylic acids is 1. The van der Waals surface area contributed by atoms with Crippen molar-refractivity contribution in [1.29, 1.82) is 0 Å². The molecule has 0 saturated carbocycles. The average Bonchev–Trinajstić information content (AvgIpc) is 2.27. The van der Waals surface area contributed by atoms with Crippen LogP contribution in [0.5, 0.6) is 0 Å². The van der Waals surface area contributed by atoms with E-state index in [1.54, 1.807) is 13.0 Å². The maximum Gasteiger partial charge on any atom is 0.261 e. The molecule has 0 radical (unpaired) electrons. The molecule has 0 unspecified atom stereocenters. The number of hydrogen-bond donors (Lipinski definition) is 1. The van der Waals surface area contributed by atoms with E-state index < -0.39 is 9.05 Å². The smallest absolute Gasteiger partial charge is 0.261 e. The van der Waals surface area contributed by atoms with Gasteiger partial charge in [0.25, 0.3) is 9.05 Å². The van der Waals surface area contributed by atoms with Crippen LogP contribution in [0.3, 0.4) is 0 Å². The van der Waals surface area contributed by atoms with E-state index in [1.807, 2.05) is 6.26 Å². The van der Waals surface area contributed by atoms with Gasteiger partial charge in [-0.2, -0.15) is 0 Å². The summed E-state index contributed by atoms with van der Waals surface area (Å²) in [4.78, 5) is 12.1.